The van der Waals surface area contributed by atoms with E-state index in [4.69, 9.17) is 0 Å². The third kappa shape index (κ3) is 1.85. The van der Waals surface area contributed by atoms with E-state index in [1.807, 2.05) is 52.1 Å². The summed E-state index contributed by atoms with van der Waals surface area (Å²) in [5.74, 6) is 0. The first kappa shape index (κ1) is 9.84. The molecule has 0 N–H and O–H groups in total. The summed E-state index contributed by atoms with van der Waals surface area (Å²) in [5, 5.41) is 8.61. The highest BCUT2D eigenvalue weighted by atomic mass is 15.4. The van der Waals surface area contributed by atoms with Crippen LogP contribution in [-0.2, 0) is 0 Å². The van der Waals surface area contributed by atoms with Crippen LogP contribution >= 0.6 is 0 Å². The first-order valence-corrected chi connectivity index (χ1v) is 5.48. The molecule has 3 aromatic rings. The van der Waals surface area contributed by atoms with E-state index in [-0.39, 0.29) is 6.17 Å². The van der Waals surface area contributed by atoms with Crippen LogP contribution in [0.25, 0.3) is 0 Å². The molecular weight excluding hydrogens is 212 g/mol. The average Bonchev–Trinajstić information content (AvgIpc) is 3.04. The second kappa shape index (κ2) is 4.25. The summed E-state index contributed by atoms with van der Waals surface area (Å²) >= 11 is 0. The fraction of sp³-hybridized carbons (Fsp3) is 0.0769. The third-order valence-electron chi connectivity index (χ3n) is 2.65. The van der Waals surface area contributed by atoms with E-state index in [9.17, 15) is 0 Å². The van der Waals surface area contributed by atoms with Gasteiger partial charge in [-0.3, -0.25) is 0 Å². The summed E-state index contributed by atoms with van der Waals surface area (Å²) in [7, 11) is 0. The summed E-state index contributed by atoms with van der Waals surface area (Å²) in [5.41, 5.74) is 1.15. The molecule has 0 aliphatic carbocycles. The lowest BCUT2D eigenvalue weighted by Gasteiger charge is -2.18. The summed E-state index contributed by atoms with van der Waals surface area (Å²) in [4.78, 5) is 0. The summed E-state index contributed by atoms with van der Waals surface area (Å²) < 4.78 is 3.78. The molecule has 0 unspecified atom stereocenters. The molecule has 4 heteroatoms. The zero-order valence-corrected chi connectivity index (χ0v) is 9.22. The largest absolute Gasteiger partial charge is 0.244 e. The van der Waals surface area contributed by atoms with E-state index in [2.05, 4.69) is 22.3 Å². The van der Waals surface area contributed by atoms with Gasteiger partial charge >= 0.3 is 0 Å². The maximum absolute atomic E-state index is 4.30. The summed E-state index contributed by atoms with van der Waals surface area (Å²) in [6.45, 7) is 0. The van der Waals surface area contributed by atoms with Gasteiger partial charge in [0.05, 0.1) is 0 Å². The van der Waals surface area contributed by atoms with Crippen molar-refractivity contribution in [3.05, 3.63) is 72.8 Å². The highest BCUT2D eigenvalue weighted by molar-refractivity contribution is 5.19. The molecule has 0 aliphatic heterocycles. The van der Waals surface area contributed by atoms with Gasteiger partial charge in [-0.05, 0) is 17.7 Å². The number of nitrogens with zero attached hydrogens (tertiary/aromatic N) is 4. The molecule has 0 spiro atoms. The number of aromatic nitrogens is 4. The molecule has 0 aliphatic rings. The van der Waals surface area contributed by atoms with E-state index in [1.54, 1.807) is 12.4 Å². The van der Waals surface area contributed by atoms with Crippen LogP contribution < -0.4 is 0 Å². The zero-order chi connectivity index (χ0) is 11.5. The molecule has 3 rings (SSSR count). The fourth-order valence-corrected chi connectivity index (χ4v) is 1.90. The SMILES string of the molecule is c1ccc(C(n2cccn2)n2cccn2)cc1. The van der Waals surface area contributed by atoms with Gasteiger partial charge < -0.3 is 0 Å². The lowest BCUT2D eigenvalue weighted by molar-refractivity contribution is 0.419. The Labute approximate surface area is 99.1 Å². The van der Waals surface area contributed by atoms with Crippen molar-refractivity contribution < 1.29 is 0 Å². The fourth-order valence-electron chi connectivity index (χ4n) is 1.90. The summed E-state index contributed by atoms with van der Waals surface area (Å²) in [6, 6.07) is 14.0. The molecule has 0 bridgehead atoms. The van der Waals surface area contributed by atoms with Crippen LogP contribution in [0.2, 0.25) is 0 Å². The molecule has 4 nitrogen and oxygen atoms in total. The van der Waals surface area contributed by atoms with Crippen LogP contribution in [0.15, 0.2) is 67.3 Å². The van der Waals surface area contributed by atoms with Gasteiger partial charge in [0, 0.05) is 24.8 Å². The molecule has 17 heavy (non-hydrogen) atoms. The van der Waals surface area contributed by atoms with Crippen LogP contribution in [-0.4, -0.2) is 19.6 Å². The highest BCUT2D eigenvalue weighted by Crippen LogP contribution is 2.18. The molecule has 2 aromatic heterocycles. The van der Waals surface area contributed by atoms with Crippen LogP contribution in [0.3, 0.4) is 0 Å². The minimum Gasteiger partial charge on any atom is -0.244 e. The second-order valence-electron chi connectivity index (χ2n) is 3.76. The van der Waals surface area contributed by atoms with Crippen LogP contribution in [0.5, 0.6) is 0 Å². The van der Waals surface area contributed by atoms with Crippen molar-refractivity contribution in [2.24, 2.45) is 0 Å². The van der Waals surface area contributed by atoms with E-state index in [0.29, 0.717) is 0 Å². The Morgan fingerprint density at radius 1 is 0.765 bits per heavy atom. The van der Waals surface area contributed by atoms with Crippen molar-refractivity contribution in [1.82, 2.24) is 19.6 Å². The average molecular weight is 224 g/mol. The topological polar surface area (TPSA) is 35.6 Å². The van der Waals surface area contributed by atoms with Crippen molar-refractivity contribution in [2.45, 2.75) is 6.17 Å². The Morgan fingerprint density at radius 3 is 1.82 bits per heavy atom. The Bertz CT molecular complexity index is 521. The van der Waals surface area contributed by atoms with E-state index >= 15 is 0 Å². The van der Waals surface area contributed by atoms with Crippen molar-refractivity contribution >= 4 is 0 Å². The normalized spacial score (nSPS) is 10.9. The first-order valence-electron chi connectivity index (χ1n) is 5.48. The smallest absolute Gasteiger partial charge is 0.168 e. The zero-order valence-electron chi connectivity index (χ0n) is 9.22. The third-order valence-corrected chi connectivity index (χ3v) is 2.65. The minimum absolute atomic E-state index is 0.0267. The molecule has 84 valence electrons. The van der Waals surface area contributed by atoms with Gasteiger partial charge in [-0.1, -0.05) is 30.3 Å². The maximum Gasteiger partial charge on any atom is 0.168 e. The Morgan fingerprint density at radius 2 is 1.35 bits per heavy atom. The molecule has 1 aromatic carbocycles. The molecule has 0 saturated heterocycles. The molecule has 0 fully saturated rings. The van der Waals surface area contributed by atoms with Crippen molar-refractivity contribution in [3.8, 4) is 0 Å². The van der Waals surface area contributed by atoms with Crippen LogP contribution in [0.1, 0.15) is 11.7 Å². The molecule has 0 atom stereocenters. The number of benzene rings is 1. The van der Waals surface area contributed by atoms with Gasteiger partial charge in [-0.15, -0.1) is 0 Å². The van der Waals surface area contributed by atoms with Gasteiger partial charge in [0.25, 0.3) is 0 Å². The van der Waals surface area contributed by atoms with Crippen molar-refractivity contribution in [1.29, 1.82) is 0 Å². The Kier molecular flexibility index (Phi) is 2.46. The van der Waals surface area contributed by atoms with Gasteiger partial charge in [0.1, 0.15) is 0 Å². The lowest BCUT2D eigenvalue weighted by Crippen LogP contribution is -2.20. The maximum atomic E-state index is 4.30. The number of rotatable bonds is 3. The van der Waals surface area contributed by atoms with Gasteiger partial charge in [0.15, 0.2) is 6.17 Å². The second-order valence-corrected chi connectivity index (χ2v) is 3.76. The minimum atomic E-state index is -0.0267. The monoisotopic (exact) mass is 224 g/mol. The molecule has 0 radical (unpaired) electrons. The Balaban J connectivity index is 2.10. The van der Waals surface area contributed by atoms with Gasteiger partial charge in [-0.25, -0.2) is 9.36 Å². The molecule has 0 saturated carbocycles. The predicted molar refractivity (Wildman–Crippen MR) is 64.4 cm³/mol. The first-order chi connectivity index (χ1) is 8.45. The highest BCUT2D eigenvalue weighted by Gasteiger charge is 2.15. The van der Waals surface area contributed by atoms with Crippen LogP contribution in [0.4, 0.5) is 0 Å². The Hall–Kier alpha value is -2.36. The lowest BCUT2D eigenvalue weighted by atomic mass is 10.2. The number of hydrogen-bond donors (Lipinski definition) is 0. The van der Waals surface area contributed by atoms with Crippen molar-refractivity contribution in [3.63, 3.8) is 0 Å². The van der Waals surface area contributed by atoms with Crippen molar-refractivity contribution in [2.75, 3.05) is 0 Å². The van der Waals surface area contributed by atoms with E-state index in [0.717, 1.165) is 5.56 Å². The van der Waals surface area contributed by atoms with E-state index in [1.165, 1.54) is 0 Å². The van der Waals surface area contributed by atoms with E-state index < -0.39 is 0 Å². The number of hydrogen-bond acceptors (Lipinski definition) is 2. The standard InChI is InChI=1S/C13H12N4/c1-2-6-12(7-3-1)13(16-10-4-8-14-16)17-11-5-9-15-17/h1-11,13H. The van der Waals surface area contributed by atoms with Crippen LogP contribution in [0, 0.1) is 0 Å². The van der Waals surface area contributed by atoms with Gasteiger partial charge in [-0.2, -0.15) is 10.2 Å². The summed E-state index contributed by atoms with van der Waals surface area (Å²) in [6.07, 6.45) is 7.42. The molecular formula is C13H12N4. The molecule has 2 heterocycles. The molecule has 0 amide bonds. The quantitative estimate of drug-likeness (QED) is 0.683. The van der Waals surface area contributed by atoms with Gasteiger partial charge in [0.2, 0.25) is 0 Å². The predicted octanol–water partition coefficient (Wildman–Crippen LogP) is 2.17.